The molecule has 1 saturated heterocycles. The van der Waals surface area contributed by atoms with Crippen molar-refractivity contribution in [2.75, 3.05) is 26.4 Å². The molecule has 0 aliphatic carbocycles. The third-order valence-corrected chi connectivity index (χ3v) is 4.82. The summed E-state index contributed by atoms with van der Waals surface area (Å²) in [5.74, 6) is 0. The number of rotatable bonds is 4. The SMILES string of the molecule is CSc1ccccc1[C@@H](C)NC(=O)NC1CCN(C)CC1. The van der Waals surface area contributed by atoms with Crippen molar-refractivity contribution in [1.29, 1.82) is 0 Å². The average Bonchev–Trinajstić information content (AvgIpc) is 2.49. The highest BCUT2D eigenvalue weighted by Crippen LogP contribution is 2.25. The molecule has 4 nitrogen and oxygen atoms in total. The van der Waals surface area contributed by atoms with E-state index in [4.69, 9.17) is 0 Å². The number of hydrogen-bond donors (Lipinski definition) is 2. The fourth-order valence-electron chi connectivity index (χ4n) is 2.68. The number of amides is 2. The molecule has 0 aromatic heterocycles. The van der Waals surface area contributed by atoms with Crippen LogP contribution < -0.4 is 10.6 Å². The molecule has 1 fully saturated rings. The predicted molar refractivity (Wildman–Crippen MR) is 88.8 cm³/mol. The van der Waals surface area contributed by atoms with Gasteiger partial charge in [-0.25, -0.2) is 4.79 Å². The summed E-state index contributed by atoms with van der Waals surface area (Å²) in [4.78, 5) is 15.6. The molecule has 1 atom stereocenters. The summed E-state index contributed by atoms with van der Waals surface area (Å²) in [6.07, 6.45) is 4.11. The molecule has 0 spiro atoms. The first-order valence-corrected chi connectivity index (χ1v) is 8.71. The molecule has 1 heterocycles. The van der Waals surface area contributed by atoms with Gasteiger partial charge in [-0.05, 0) is 57.8 Å². The second-order valence-electron chi connectivity index (χ2n) is 5.66. The zero-order chi connectivity index (χ0) is 15.2. The largest absolute Gasteiger partial charge is 0.335 e. The van der Waals surface area contributed by atoms with Crippen LogP contribution in [0.15, 0.2) is 29.2 Å². The first-order valence-electron chi connectivity index (χ1n) is 7.48. The van der Waals surface area contributed by atoms with Crippen LogP contribution in [0.5, 0.6) is 0 Å². The van der Waals surface area contributed by atoms with Crippen molar-refractivity contribution in [2.24, 2.45) is 0 Å². The molecule has 0 unspecified atom stereocenters. The maximum Gasteiger partial charge on any atom is 0.315 e. The van der Waals surface area contributed by atoms with E-state index in [0.29, 0.717) is 6.04 Å². The highest BCUT2D eigenvalue weighted by atomic mass is 32.2. The summed E-state index contributed by atoms with van der Waals surface area (Å²) in [5, 5.41) is 6.15. The van der Waals surface area contributed by atoms with Gasteiger partial charge in [0.2, 0.25) is 0 Å². The number of nitrogens with one attached hydrogen (secondary N) is 2. The van der Waals surface area contributed by atoms with E-state index in [2.05, 4.69) is 41.0 Å². The minimum absolute atomic E-state index is 0.0138. The van der Waals surface area contributed by atoms with Gasteiger partial charge in [0.25, 0.3) is 0 Å². The van der Waals surface area contributed by atoms with Crippen molar-refractivity contribution < 1.29 is 4.79 Å². The highest BCUT2D eigenvalue weighted by Gasteiger charge is 2.19. The Kier molecular flexibility index (Phi) is 5.94. The Morgan fingerprint density at radius 2 is 2.00 bits per heavy atom. The minimum atomic E-state index is -0.0621. The van der Waals surface area contributed by atoms with Gasteiger partial charge in [-0.3, -0.25) is 0 Å². The van der Waals surface area contributed by atoms with Crippen LogP contribution in [0, 0.1) is 0 Å². The molecule has 2 amide bonds. The van der Waals surface area contributed by atoms with Crippen molar-refractivity contribution in [2.45, 2.75) is 36.7 Å². The second kappa shape index (κ2) is 7.71. The predicted octanol–water partition coefficient (Wildman–Crippen LogP) is 2.86. The zero-order valence-corrected chi connectivity index (χ0v) is 13.9. The van der Waals surface area contributed by atoms with E-state index in [9.17, 15) is 4.79 Å². The molecule has 0 radical (unpaired) electrons. The maximum absolute atomic E-state index is 12.1. The van der Waals surface area contributed by atoms with Crippen molar-refractivity contribution in [1.82, 2.24) is 15.5 Å². The van der Waals surface area contributed by atoms with E-state index in [0.717, 1.165) is 25.9 Å². The van der Waals surface area contributed by atoms with Crippen LogP contribution >= 0.6 is 11.8 Å². The lowest BCUT2D eigenvalue weighted by Crippen LogP contribution is -2.47. The summed E-state index contributed by atoms with van der Waals surface area (Å²) in [6.45, 7) is 4.13. The monoisotopic (exact) mass is 307 g/mol. The quantitative estimate of drug-likeness (QED) is 0.841. The molecular formula is C16H25N3OS. The smallest absolute Gasteiger partial charge is 0.315 e. The Morgan fingerprint density at radius 3 is 2.67 bits per heavy atom. The number of carbonyl (C=O) groups is 1. The molecule has 1 aliphatic heterocycles. The van der Waals surface area contributed by atoms with Gasteiger partial charge in [-0.15, -0.1) is 11.8 Å². The lowest BCUT2D eigenvalue weighted by Gasteiger charge is -2.30. The Balaban J connectivity index is 1.87. The third kappa shape index (κ3) is 4.64. The lowest BCUT2D eigenvalue weighted by atomic mass is 10.1. The number of urea groups is 1. The standard InChI is InChI=1S/C16H25N3OS/c1-12(14-6-4-5-7-15(14)21-3)17-16(20)18-13-8-10-19(2)11-9-13/h4-7,12-13H,8-11H2,1-3H3,(H2,17,18,20)/t12-/m1/s1. The van der Waals surface area contributed by atoms with Gasteiger partial charge in [0.15, 0.2) is 0 Å². The summed E-state index contributed by atoms with van der Waals surface area (Å²) in [6, 6.07) is 8.46. The molecule has 1 aromatic rings. The number of nitrogens with zero attached hydrogens (tertiary/aromatic N) is 1. The number of likely N-dealkylation sites (tertiary alicyclic amines) is 1. The summed E-state index contributed by atoms with van der Waals surface area (Å²) >= 11 is 1.71. The number of piperidine rings is 1. The molecular weight excluding hydrogens is 282 g/mol. The van der Waals surface area contributed by atoms with Crippen LogP contribution in [0.3, 0.4) is 0 Å². The van der Waals surface area contributed by atoms with Crippen LogP contribution in [0.25, 0.3) is 0 Å². The van der Waals surface area contributed by atoms with E-state index in [1.807, 2.05) is 19.1 Å². The van der Waals surface area contributed by atoms with E-state index in [1.165, 1.54) is 10.5 Å². The van der Waals surface area contributed by atoms with E-state index in [1.54, 1.807) is 11.8 Å². The molecule has 2 N–H and O–H groups in total. The first-order chi connectivity index (χ1) is 10.1. The molecule has 1 aromatic carbocycles. The van der Waals surface area contributed by atoms with Crippen molar-refractivity contribution >= 4 is 17.8 Å². The van der Waals surface area contributed by atoms with Gasteiger partial charge in [-0.1, -0.05) is 18.2 Å². The highest BCUT2D eigenvalue weighted by molar-refractivity contribution is 7.98. The van der Waals surface area contributed by atoms with Gasteiger partial charge >= 0.3 is 6.03 Å². The van der Waals surface area contributed by atoms with Gasteiger partial charge in [0.1, 0.15) is 0 Å². The Labute approximate surface area is 131 Å². The van der Waals surface area contributed by atoms with Crippen LogP contribution in [-0.2, 0) is 0 Å². The number of benzene rings is 1. The number of hydrogen-bond acceptors (Lipinski definition) is 3. The fourth-order valence-corrected chi connectivity index (χ4v) is 3.37. The van der Waals surface area contributed by atoms with Crippen LogP contribution in [0.2, 0.25) is 0 Å². The van der Waals surface area contributed by atoms with Gasteiger partial charge < -0.3 is 15.5 Å². The fraction of sp³-hybridized carbons (Fsp3) is 0.562. The minimum Gasteiger partial charge on any atom is -0.335 e. The van der Waals surface area contributed by atoms with Gasteiger partial charge in [0.05, 0.1) is 6.04 Å². The van der Waals surface area contributed by atoms with Crippen LogP contribution in [-0.4, -0.2) is 43.4 Å². The van der Waals surface area contributed by atoms with Crippen molar-refractivity contribution in [3.8, 4) is 0 Å². The van der Waals surface area contributed by atoms with Crippen LogP contribution in [0.4, 0.5) is 4.79 Å². The molecule has 1 aliphatic rings. The van der Waals surface area contributed by atoms with E-state index < -0.39 is 0 Å². The Bertz CT molecular complexity index is 472. The zero-order valence-electron chi connectivity index (χ0n) is 13.1. The summed E-state index contributed by atoms with van der Waals surface area (Å²) in [5.41, 5.74) is 1.17. The normalized spacial score (nSPS) is 18.2. The summed E-state index contributed by atoms with van der Waals surface area (Å²) < 4.78 is 0. The van der Waals surface area contributed by atoms with Gasteiger partial charge in [-0.2, -0.15) is 0 Å². The van der Waals surface area contributed by atoms with Crippen LogP contribution in [0.1, 0.15) is 31.4 Å². The first kappa shape index (κ1) is 16.2. The molecule has 5 heteroatoms. The second-order valence-corrected chi connectivity index (χ2v) is 6.51. The van der Waals surface area contributed by atoms with E-state index >= 15 is 0 Å². The number of carbonyl (C=O) groups excluding carboxylic acids is 1. The molecule has 0 saturated carbocycles. The average molecular weight is 307 g/mol. The molecule has 0 bridgehead atoms. The summed E-state index contributed by atoms with van der Waals surface area (Å²) in [7, 11) is 2.12. The molecule has 21 heavy (non-hydrogen) atoms. The molecule has 116 valence electrons. The van der Waals surface area contributed by atoms with Crippen molar-refractivity contribution in [3.05, 3.63) is 29.8 Å². The number of thioether (sulfide) groups is 1. The third-order valence-electron chi connectivity index (χ3n) is 4.01. The Morgan fingerprint density at radius 1 is 1.33 bits per heavy atom. The molecule has 2 rings (SSSR count). The van der Waals surface area contributed by atoms with E-state index in [-0.39, 0.29) is 12.1 Å². The Hall–Kier alpha value is -1.20. The lowest BCUT2D eigenvalue weighted by molar-refractivity contribution is 0.212. The topological polar surface area (TPSA) is 44.4 Å². The van der Waals surface area contributed by atoms with Crippen molar-refractivity contribution in [3.63, 3.8) is 0 Å². The maximum atomic E-state index is 12.1. The van der Waals surface area contributed by atoms with Gasteiger partial charge in [0, 0.05) is 10.9 Å².